The summed E-state index contributed by atoms with van der Waals surface area (Å²) in [5.74, 6) is -0.708. The van der Waals surface area contributed by atoms with Crippen molar-refractivity contribution in [2.45, 2.75) is 57.7 Å². The summed E-state index contributed by atoms with van der Waals surface area (Å²) in [6, 6.07) is 22.9. The van der Waals surface area contributed by atoms with Crippen LogP contribution in [-0.2, 0) is 32.6 Å². The molecule has 0 spiro atoms. The summed E-state index contributed by atoms with van der Waals surface area (Å²) in [5, 5.41) is 3.53. The predicted molar refractivity (Wildman–Crippen MR) is 160 cm³/mol. The molecule has 7 nitrogen and oxygen atoms in total. The van der Waals surface area contributed by atoms with Gasteiger partial charge in [-0.3, -0.25) is 13.9 Å². The summed E-state index contributed by atoms with van der Waals surface area (Å²) >= 11 is 6.15. The number of carbonyl (C=O) groups excluding carboxylic acids is 2. The Morgan fingerprint density at radius 2 is 1.62 bits per heavy atom. The van der Waals surface area contributed by atoms with E-state index in [-0.39, 0.29) is 24.2 Å². The number of sulfonamides is 1. The maximum absolute atomic E-state index is 14.1. The summed E-state index contributed by atoms with van der Waals surface area (Å²) < 4.78 is 26.8. The topological polar surface area (TPSA) is 86.8 Å². The number of amides is 2. The standard InChI is InChI=1S/C31H36ClN3O4S/c1-23-10-8-13-25(18-23)21-34(30(36)22-35(40(2,38)39)28-17-9-14-26(32)20-28)29(19-24-11-4-3-5-12-24)31(37)33-27-15-6-7-16-27/h3-5,8-14,17-18,20,27,29H,6-7,15-16,19,21-22H2,1-2H3,(H,33,37)/t29-/m1/s1. The first-order chi connectivity index (χ1) is 19.1. The van der Waals surface area contributed by atoms with Crippen molar-refractivity contribution in [2.24, 2.45) is 0 Å². The minimum Gasteiger partial charge on any atom is -0.352 e. The molecule has 0 radical (unpaired) electrons. The number of nitrogens with zero attached hydrogens (tertiary/aromatic N) is 2. The Kier molecular flexibility index (Phi) is 9.87. The quantitative estimate of drug-likeness (QED) is 0.341. The fourth-order valence-electron chi connectivity index (χ4n) is 5.17. The maximum atomic E-state index is 14.1. The molecule has 1 fully saturated rings. The van der Waals surface area contributed by atoms with Crippen molar-refractivity contribution in [3.63, 3.8) is 0 Å². The molecular formula is C31H36ClN3O4S. The Bertz CT molecular complexity index is 1430. The molecule has 2 amide bonds. The maximum Gasteiger partial charge on any atom is 0.244 e. The van der Waals surface area contributed by atoms with Crippen molar-refractivity contribution in [1.29, 1.82) is 0 Å². The Hall–Kier alpha value is -3.36. The second kappa shape index (κ2) is 13.3. The number of anilines is 1. The zero-order valence-electron chi connectivity index (χ0n) is 22.9. The van der Waals surface area contributed by atoms with E-state index < -0.39 is 28.5 Å². The van der Waals surface area contributed by atoms with Crippen molar-refractivity contribution >= 4 is 39.1 Å². The molecule has 212 valence electrons. The molecule has 9 heteroatoms. The highest BCUT2D eigenvalue weighted by atomic mass is 35.5. The number of carbonyl (C=O) groups is 2. The highest BCUT2D eigenvalue weighted by Crippen LogP contribution is 2.24. The van der Waals surface area contributed by atoms with Gasteiger partial charge in [0, 0.05) is 24.0 Å². The first-order valence-corrected chi connectivity index (χ1v) is 15.8. The third kappa shape index (κ3) is 8.08. The molecule has 1 aliphatic carbocycles. The molecule has 1 saturated carbocycles. The number of nitrogens with one attached hydrogen (secondary N) is 1. The molecule has 40 heavy (non-hydrogen) atoms. The van der Waals surface area contributed by atoms with Gasteiger partial charge in [-0.1, -0.05) is 90.7 Å². The predicted octanol–water partition coefficient (Wildman–Crippen LogP) is 5.11. The van der Waals surface area contributed by atoms with Gasteiger partial charge in [-0.15, -0.1) is 0 Å². The number of benzene rings is 3. The van der Waals surface area contributed by atoms with Gasteiger partial charge < -0.3 is 10.2 Å². The van der Waals surface area contributed by atoms with Gasteiger partial charge in [0.25, 0.3) is 0 Å². The van der Waals surface area contributed by atoms with Crippen LogP contribution in [0.5, 0.6) is 0 Å². The van der Waals surface area contributed by atoms with Crippen molar-refractivity contribution < 1.29 is 18.0 Å². The van der Waals surface area contributed by atoms with Crippen molar-refractivity contribution in [3.05, 3.63) is 101 Å². The number of hydrogen-bond donors (Lipinski definition) is 1. The van der Waals surface area contributed by atoms with Crippen LogP contribution in [0.3, 0.4) is 0 Å². The first kappa shape index (κ1) is 29.6. The minimum absolute atomic E-state index is 0.0701. The Labute approximate surface area is 242 Å². The molecule has 0 aromatic heterocycles. The van der Waals surface area contributed by atoms with Gasteiger partial charge in [0.2, 0.25) is 21.8 Å². The van der Waals surface area contributed by atoms with E-state index in [2.05, 4.69) is 5.32 Å². The molecule has 1 atom stereocenters. The Morgan fingerprint density at radius 3 is 2.27 bits per heavy atom. The van der Waals surface area contributed by atoms with E-state index in [1.807, 2.05) is 61.5 Å². The van der Waals surface area contributed by atoms with Crippen LogP contribution in [-0.4, -0.2) is 50.0 Å². The molecule has 0 bridgehead atoms. The van der Waals surface area contributed by atoms with Crippen LogP contribution in [0, 0.1) is 6.92 Å². The first-order valence-electron chi connectivity index (χ1n) is 13.5. The zero-order chi connectivity index (χ0) is 28.7. The van der Waals surface area contributed by atoms with E-state index in [9.17, 15) is 18.0 Å². The van der Waals surface area contributed by atoms with Crippen molar-refractivity contribution in [1.82, 2.24) is 10.2 Å². The van der Waals surface area contributed by atoms with E-state index in [0.717, 1.165) is 52.9 Å². The Morgan fingerprint density at radius 1 is 0.950 bits per heavy atom. The van der Waals surface area contributed by atoms with Crippen LogP contribution in [0.25, 0.3) is 0 Å². The monoisotopic (exact) mass is 581 g/mol. The fraction of sp³-hybridized carbons (Fsp3) is 0.355. The molecule has 3 aromatic rings. The SMILES string of the molecule is Cc1cccc(CN(C(=O)CN(c2cccc(Cl)c2)S(C)(=O)=O)[C@H](Cc2ccccc2)C(=O)NC2CCCC2)c1. The Balaban J connectivity index is 1.72. The molecule has 4 rings (SSSR count). The van der Waals surface area contributed by atoms with Crippen molar-refractivity contribution in [2.75, 3.05) is 17.1 Å². The van der Waals surface area contributed by atoms with Gasteiger partial charge in [0.1, 0.15) is 12.6 Å². The summed E-state index contributed by atoms with van der Waals surface area (Å²) in [4.78, 5) is 29.5. The second-order valence-electron chi connectivity index (χ2n) is 10.5. The molecule has 1 N–H and O–H groups in total. The lowest BCUT2D eigenvalue weighted by Crippen LogP contribution is -2.54. The zero-order valence-corrected chi connectivity index (χ0v) is 24.5. The summed E-state index contributed by atoms with van der Waals surface area (Å²) in [7, 11) is -3.84. The lowest BCUT2D eigenvalue weighted by atomic mass is 10.0. The molecule has 0 aliphatic heterocycles. The van der Waals surface area contributed by atoms with Crippen molar-refractivity contribution in [3.8, 4) is 0 Å². The third-order valence-corrected chi connectivity index (χ3v) is 8.56. The van der Waals surface area contributed by atoms with Gasteiger partial charge in [-0.05, 0) is 49.1 Å². The van der Waals surface area contributed by atoms with Crippen LogP contribution in [0.2, 0.25) is 5.02 Å². The van der Waals surface area contributed by atoms with E-state index in [1.165, 1.54) is 11.0 Å². The van der Waals surface area contributed by atoms with Gasteiger partial charge in [-0.2, -0.15) is 0 Å². The highest BCUT2D eigenvalue weighted by molar-refractivity contribution is 7.92. The molecule has 3 aromatic carbocycles. The van der Waals surface area contributed by atoms with Gasteiger partial charge in [0.05, 0.1) is 11.9 Å². The van der Waals surface area contributed by atoms with Crippen LogP contribution in [0.4, 0.5) is 5.69 Å². The molecule has 1 aliphatic rings. The van der Waals surface area contributed by atoms with E-state index in [4.69, 9.17) is 11.6 Å². The van der Waals surface area contributed by atoms with Gasteiger partial charge in [0.15, 0.2) is 0 Å². The molecule has 0 saturated heterocycles. The fourth-order valence-corrected chi connectivity index (χ4v) is 6.20. The average molecular weight is 582 g/mol. The summed E-state index contributed by atoms with van der Waals surface area (Å²) in [6.45, 7) is 1.66. The minimum atomic E-state index is -3.84. The molecular weight excluding hydrogens is 546 g/mol. The van der Waals surface area contributed by atoms with Crippen LogP contribution in [0.15, 0.2) is 78.9 Å². The highest BCUT2D eigenvalue weighted by Gasteiger charge is 2.34. The molecule has 0 unspecified atom stereocenters. The van der Waals surface area contributed by atoms with E-state index in [1.54, 1.807) is 18.2 Å². The van der Waals surface area contributed by atoms with Crippen LogP contribution >= 0.6 is 11.6 Å². The largest absolute Gasteiger partial charge is 0.352 e. The van der Waals surface area contributed by atoms with E-state index in [0.29, 0.717) is 11.4 Å². The lowest BCUT2D eigenvalue weighted by Gasteiger charge is -2.34. The average Bonchev–Trinajstić information content (AvgIpc) is 3.42. The molecule has 0 heterocycles. The van der Waals surface area contributed by atoms with Crippen LogP contribution < -0.4 is 9.62 Å². The lowest BCUT2D eigenvalue weighted by molar-refractivity contribution is -0.140. The number of halogens is 1. The number of aryl methyl sites for hydroxylation is 1. The van der Waals surface area contributed by atoms with E-state index >= 15 is 0 Å². The van der Waals surface area contributed by atoms with Gasteiger partial charge >= 0.3 is 0 Å². The third-order valence-electron chi connectivity index (χ3n) is 7.18. The normalized spacial score (nSPS) is 14.5. The number of hydrogen-bond acceptors (Lipinski definition) is 4. The number of rotatable bonds is 11. The van der Waals surface area contributed by atoms with Crippen LogP contribution in [0.1, 0.15) is 42.4 Å². The van der Waals surface area contributed by atoms with Gasteiger partial charge in [-0.25, -0.2) is 8.42 Å². The summed E-state index contributed by atoms with van der Waals surface area (Å²) in [5.41, 5.74) is 3.07. The second-order valence-corrected chi connectivity index (χ2v) is 12.8. The smallest absolute Gasteiger partial charge is 0.244 e. The summed E-state index contributed by atoms with van der Waals surface area (Å²) in [6.07, 6.45) is 5.29.